The summed E-state index contributed by atoms with van der Waals surface area (Å²) in [6.07, 6.45) is 1.39. The summed E-state index contributed by atoms with van der Waals surface area (Å²) in [4.78, 5) is 33.7. The van der Waals surface area contributed by atoms with E-state index in [1.165, 1.54) is 11.5 Å². The van der Waals surface area contributed by atoms with Crippen molar-refractivity contribution in [3.05, 3.63) is 0 Å². The number of likely N-dealkylation sites (tertiary alicyclic amines) is 1. The highest BCUT2D eigenvalue weighted by atomic mass is 32.1. The quantitative estimate of drug-likeness (QED) is 0.858. The number of anilines is 2. The average Bonchev–Trinajstić information content (AvgIpc) is 3.09. The minimum atomic E-state index is -0.873. The maximum Gasteiger partial charge on any atom is 0.309 e. The lowest BCUT2D eigenvalue weighted by molar-refractivity contribution is -0.145. The lowest BCUT2D eigenvalue weighted by Crippen LogP contribution is -2.56. The van der Waals surface area contributed by atoms with Gasteiger partial charge in [0.15, 0.2) is 0 Å². The Kier molecular flexibility index (Phi) is 3.91. The van der Waals surface area contributed by atoms with Crippen molar-refractivity contribution in [2.75, 3.05) is 44.0 Å². The van der Waals surface area contributed by atoms with Crippen LogP contribution in [0.15, 0.2) is 0 Å². The normalized spacial score (nSPS) is 23.6. The van der Waals surface area contributed by atoms with E-state index in [2.05, 4.69) is 14.3 Å². The number of amides is 1. The fraction of sp³-hybridized carbons (Fsp3) is 0.714. The summed E-state index contributed by atoms with van der Waals surface area (Å²) < 4.78 is 4.31. The number of carbonyl (C=O) groups is 2. The number of carboxylic acid groups (broad SMARTS) is 1. The average molecular weight is 339 g/mol. The molecule has 1 N–H and O–H groups in total. The standard InChI is InChI=1S/C14H21N5O3S/c1-17(2)12-15-13(23-16-12)19-6-4-14(5-7-19)9(11(21)22)8-10(20)18(14)3/h9H,4-8H2,1-3H3,(H,21,22)/t9-/m0/s1. The lowest BCUT2D eigenvalue weighted by Gasteiger charge is -2.45. The van der Waals surface area contributed by atoms with Crippen LogP contribution in [0, 0.1) is 5.92 Å². The summed E-state index contributed by atoms with van der Waals surface area (Å²) in [6, 6.07) is 0. The first-order valence-electron chi connectivity index (χ1n) is 7.60. The summed E-state index contributed by atoms with van der Waals surface area (Å²) in [5, 5.41) is 10.3. The molecule has 2 fully saturated rings. The van der Waals surface area contributed by atoms with E-state index in [0.29, 0.717) is 31.9 Å². The zero-order valence-electron chi connectivity index (χ0n) is 13.5. The van der Waals surface area contributed by atoms with E-state index in [1.54, 1.807) is 11.9 Å². The van der Waals surface area contributed by atoms with Crippen LogP contribution in [-0.4, -0.2) is 71.0 Å². The highest BCUT2D eigenvalue weighted by Gasteiger charge is 2.55. The SMILES string of the molecule is CN(C)c1nsc(N2CCC3(CC2)[C@H](C(=O)O)CC(=O)N3C)n1. The van der Waals surface area contributed by atoms with Gasteiger partial charge in [0.25, 0.3) is 0 Å². The Balaban J connectivity index is 1.76. The molecule has 1 atom stereocenters. The van der Waals surface area contributed by atoms with Crippen molar-refractivity contribution in [1.29, 1.82) is 0 Å². The van der Waals surface area contributed by atoms with Crippen LogP contribution in [0.3, 0.4) is 0 Å². The molecule has 0 saturated carbocycles. The molecule has 0 radical (unpaired) electrons. The number of carbonyl (C=O) groups excluding carboxylic acids is 1. The maximum atomic E-state index is 12.0. The topological polar surface area (TPSA) is 89.9 Å². The number of hydrogen-bond donors (Lipinski definition) is 1. The van der Waals surface area contributed by atoms with Crippen molar-refractivity contribution < 1.29 is 14.7 Å². The number of hydrogen-bond acceptors (Lipinski definition) is 7. The Hall–Kier alpha value is -1.90. The van der Waals surface area contributed by atoms with Crippen molar-refractivity contribution >= 4 is 34.5 Å². The van der Waals surface area contributed by atoms with Crippen LogP contribution in [0.25, 0.3) is 0 Å². The summed E-state index contributed by atoms with van der Waals surface area (Å²) in [5.41, 5.74) is -0.561. The minimum absolute atomic E-state index is 0.0725. The smallest absolute Gasteiger partial charge is 0.309 e. The number of carboxylic acids is 1. The van der Waals surface area contributed by atoms with Gasteiger partial charge in [-0.1, -0.05) is 0 Å². The number of piperidine rings is 1. The Bertz CT molecular complexity index is 624. The predicted molar refractivity (Wildman–Crippen MR) is 86.9 cm³/mol. The minimum Gasteiger partial charge on any atom is -0.481 e. The van der Waals surface area contributed by atoms with E-state index < -0.39 is 17.4 Å². The molecule has 2 saturated heterocycles. The van der Waals surface area contributed by atoms with Crippen LogP contribution in [0.1, 0.15) is 19.3 Å². The molecule has 9 heteroatoms. The van der Waals surface area contributed by atoms with Crippen molar-refractivity contribution in [3.8, 4) is 0 Å². The van der Waals surface area contributed by atoms with Crippen molar-refractivity contribution in [3.63, 3.8) is 0 Å². The molecule has 23 heavy (non-hydrogen) atoms. The highest BCUT2D eigenvalue weighted by molar-refractivity contribution is 7.09. The first-order chi connectivity index (χ1) is 10.8. The molecule has 3 rings (SSSR count). The first-order valence-corrected chi connectivity index (χ1v) is 8.38. The summed E-state index contributed by atoms with van der Waals surface area (Å²) in [7, 11) is 5.53. The van der Waals surface area contributed by atoms with Gasteiger partial charge in [0.05, 0.1) is 11.5 Å². The largest absolute Gasteiger partial charge is 0.481 e. The van der Waals surface area contributed by atoms with Gasteiger partial charge in [-0.2, -0.15) is 9.36 Å². The van der Waals surface area contributed by atoms with Crippen molar-refractivity contribution in [2.24, 2.45) is 5.92 Å². The fourth-order valence-electron chi connectivity index (χ4n) is 3.59. The monoisotopic (exact) mass is 339 g/mol. The van der Waals surface area contributed by atoms with E-state index in [0.717, 1.165) is 5.13 Å². The van der Waals surface area contributed by atoms with Gasteiger partial charge in [0.2, 0.25) is 17.0 Å². The van der Waals surface area contributed by atoms with E-state index >= 15 is 0 Å². The van der Waals surface area contributed by atoms with Crippen LogP contribution >= 0.6 is 11.5 Å². The third-order valence-corrected chi connectivity index (χ3v) is 5.84. The van der Waals surface area contributed by atoms with Gasteiger partial charge >= 0.3 is 5.97 Å². The lowest BCUT2D eigenvalue weighted by atomic mass is 9.77. The molecule has 1 spiro atoms. The molecule has 0 aromatic carbocycles. The summed E-state index contributed by atoms with van der Waals surface area (Å²) >= 11 is 1.35. The van der Waals surface area contributed by atoms with Crippen molar-refractivity contribution in [1.82, 2.24) is 14.3 Å². The van der Waals surface area contributed by atoms with Gasteiger partial charge in [0, 0.05) is 52.2 Å². The molecule has 8 nitrogen and oxygen atoms in total. The van der Waals surface area contributed by atoms with Crippen LogP contribution in [0.4, 0.5) is 11.1 Å². The molecule has 0 aliphatic carbocycles. The van der Waals surface area contributed by atoms with E-state index in [4.69, 9.17) is 0 Å². The molecule has 1 aromatic heterocycles. The molecule has 3 heterocycles. The molecule has 2 aliphatic heterocycles. The zero-order valence-corrected chi connectivity index (χ0v) is 14.3. The third-order valence-electron chi connectivity index (χ3n) is 5.07. The van der Waals surface area contributed by atoms with Crippen LogP contribution < -0.4 is 9.80 Å². The van der Waals surface area contributed by atoms with E-state index in [1.807, 2.05) is 19.0 Å². The Morgan fingerprint density at radius 1 is 1.39 bits per heavy atom. The van der Waals surface area contributed by atoms with Gasteiger partial charge in [-0.25, -0.2) is 0 Å². The Labute approximate surface area is 138 Å². The second-order valence-electron chi connectivity index (χ2n) is 6.41. The number of nitrogens with zero attached hydrogens (tertiary/aromatic N) is 5. The summed E-state index contributed by atoms with van der Waals surface area (Å²) in [6.45, 7) is 1.37. The molecule has 0 unspecified atom stereocenters. The summed E-state index contributed by atoms with van der Waals surface area (Å²) in [5.74, 6) is -0.880. The maximum absolute atomic E-state index is 12.0. The molecule has 126 valence electrons. The predicted octanol–water partition coefficient (Wildman–Crippen LogP) is 0.506. The molecule has 1 aromatic rings. The zero-order chi connectivity index (χ0) is 16.8. The molecule has 0 bridgehead atoms. The van der Waals surface area contributed by atoms with E-state index in [9.17, 15) is 14.7 Å². The highest BCUT2D eigenvalue weighted by Crippen LogP contribution is 2.43. The third kappa shape index (κ3) is 2.52. The van der Waals surface area contributed by atoms with Gasteiger partial charge in [0.1, 0.15) is 0 Å². The van der Waals surface area contributed by atoms with E-state index in [-0.39, 0.29) is 12.3 Å². The van der Waals surface area contributed by atoms with Gasteiger partial charge in [-0.3, -0.25) is 9.59 Å². The molecular formula is C14H21N5O3S. The van der Waals surface area contributed by atoms with Gasteiger partial charge in [-0.15, -0.1) is 0 Å². The Morgan fingerprint density at radius 2 is 2.04 bits per heavy atom. The number of aromatic nitrogens is 2. The molecular weight excluding hydrogens is 318 g/mol. The second kappa shape index (κ2) is 5.63. The fourth-order valence-corrected chi connectivity index (χ4v) is 4.38. The first kappa shape index (κ1) is 16.0. The Morgan fingerprint density at radius 3 is 2.57 bits per heavy atom. The number of rotatable bonds is 3. The van der Waals surface area contributed by atoms with Crippen LogP contribution in [0.5, 0.6) is 0 Å². The van der Waals surface area contributed by atoms with Crippen LogP contribution in [0.2, 0.25) is 0 Å². The van der Waals surface area contributed by atoms with Crippen molar-refractivity contribution in [2.45, 2.75) is 24.8 Å². The number of aliphatic carboxylic acids is 1. The molecule has 1 amide bonds. The van der Waals surface area contributed by atoms with Gasteiger partial charge < -0.3 is 19.8 Å². The van der Waals surface area contributed by atoms with Gasteiger partial charge in [-0.05, 0) is 12.8 Å². The van der Waals surface area contributed by atoms with Crippen LogP contribution in [-0.2, 0) is 9.59 Å². The second-order valence-corrected chi connectivity index (χ2v) is 7.14. The molecule has 2 aliphatic rings.